The lowest BCUT2D eigenvalue weighted by atomic mass is 9.96. The summed E-state index contributed by atoms with van der Waals surface area (Å²) in [7, 11) is 1.69. The highest BCUT2D eigenvalue weighted by Crippen LogP contribution is 2.42. The van der Waals surface area contributed by atoms with Crippen LogP contribution in [0.2, 0.25) is 0 Å². The molecular weight excluding hydrogens is 432 g/mol. The number of nitrogens with zero attached hydrogens (tertiary/aromatic N) is 3. The average molecular weight is 463 g/mol. The predicted octanol–water partition coefficient (Wildman–Crippen LogP) is 4.65. The highest BCUT2D eigenvalue weighted by molar-refractivity contribution is 7.80. The first-order valence-electron chi connectivity index (χ1n) is 11.5. The van der Waals surface area contributed by atoms with Crippen LogP contribution in [0.5, 0.6) is 5.75 Å². The number of pyridine rings is 1. The van der Waals surface area contributed by atoms with Gasteiger partial charge in [0.25, 0.3) is 0 Å². The summed E-state index contributed by atoms with van der Waals surface area (Å²) in [5, 5.41) is 4.33. The summed E-state index contributed by atoms with van der Waals surface area (Å²) in [4.78, 5) is 6.98. The Morgan fingerprint density at radius 1 is 1.18 bits per heavy atom. The second kappa shape index (κ2) is 9.15. The Morgan fingerprint density at radius 3 is 2.67 bits per heavy atom. The molecule has 0 amide bonds. The van der Waals surface area contributed by atoms with Gasteiger partial charge >= 0.3 is 0 Å². The number of methoxy groups -OCH3 is 1. The molecule has 2 aliphatic rings. The normalized spacial score (nSPS) is 22.6. The number of aryl methyl sites for hydroxylation is 1. The third kappa shape index (κ3) is 4.11. The van der Waals surface area contributed by atoms with Crippen molar-refractivity contribution in [3.05, 3.63) is 77.4 Å². The van der Waals surface area contributed by atoms with Gasteiger partial charge in [0.1, 0.15) is 5.75 Å². The molecule has 0 spiro atoms. The van der Waals surface area contributed by atoms with Crippen LogP contribution < -0.4 is 10.1 Å². The van der Waals surface area contributed by atoms with Gasteiger partial charge in [0.2, 0.25) is 0 Å². The standard InChI is InChI=1S/C26H30N4O2S/c1-17-15-22(18(2)30(17)19-9-11-20(31-3)12-10-19)25-24(23-8-4-5-13-27-23)28-26(33)29(25)16-21-7-6-14-32-21/h4-5,8-13,15,21,24-25H,6-7,14,16H2,1-3H3,(H,28,33)/t21-,24-,25-/m0/s1. The number of benzene rings is 1. The molecule has 0 radical (unpaired) electrons. The van der Waals surface area contributed by atoms with Crippen molar-refractivity contribution in [1.82, 2.24) is 19.8 Å². The first kappa shape index (κ1) is 21.9. The Balaban J connectivity index is 1.57. The van der Waals surface area contributed by atoms with Crippen LogP contribution in [0.25, 0.3) is 5.69 Å². The SMILES string of the molecule is COc1ccc(-n2c(C)cc([C@H]3[C@H](c4ccccn4)NC(=S)N3C[C@@H]3CCCO3)c2C)cc1. The fourth-order valence-electron chi connectivity index (χ4n) is 5.16. The van der Waals surface area contributed by atoms with Crippen molar-refractivity contribution in [1.29, 1.82) is 0 Å². The van der Waals surface area contributed by atoms with Gasteiger partial charge in [-0.25, -0.2) is 0 Å². The number of thiocarbonyl (C=S) groups is 1. The minimum Gasteiger partial charge on any atom is -0.497 e. The van der Waals surface area contributed by atoms with Gasteiger partial charge < -0.3 is 24.3 Å². The van der Waals surface area contributed by atoms with Crippen LogP contribution in [0.4, 0.5) is 0 Å². The van der Waals surface area contributed by atoms with E-state index in [0.717, 1.165) is 48.2 Å². The zero-order valence-electron chi connectivity index (χ0n) is 19.3. The topological polar surface area (TPSA) is 51.5 Å². The number of aromatic nitrogens is 2. The van der Waals surface area contributed by atoms with Crippen LogP contribution in [-0.4, -0.2) is 45.9 Å². The predicted molar refractivity (Wildman–Crippen MR) is 133 cm³/mol. The van der Waals surface area contributed by atoms with E-state index in [2.05, 4.69) is 57.9 Å². The fraction of sp³-hybridized carbons (Fsp3) is 0.385. The number of hydrogen-bond acceptors (Lipinski definition) is 4. The second-order valence-electron chi connectivity index (χ2n) is 8.77. The van der Waals surface area contributed by atoms with Gasteiger partial charge in [-0.3, -0.25) is 4.98 Å². The van der Waals surface area contributed by atoms with E-state index < -0.39 is 0 Å². The molecule has 7 heteroatoms. The molecule has 1 N–H and O–H groups in total. The highest BCUT2D eigenvalue weighted by atomic mass is 32.1. The molecule has 0 unspecified atom stereocenters. The van der Waals surface area contributed by atoms with Crippen molar-refractivity contribution in [3.63, 3.8) is 0 Å². The van der Waals surface area contributed by atoms with Gasteiger partial charge in [0.15, 0.2) is 5.11 Å². The molecule has 1 aromatic carbocycles. The molecule has 4 heterocycles. The quantitative estimate of drug-likeness (QED) is 0.538. The molecule has 2 aliphatic heterocycles. The second-order valence-corrected chi connectivity index (χ2v) is 9.16. The van der Waals surface area contributed by atoms with Crippen LogP contribution in [-0.2, 0) is 4.74 Å². The van der Waals surface area contributed by atoms with E-state index in [1.165, 1.54) is 17.0 Å². The zero-order chi connectivity index (χ0) is 22.9. The maximum absolute atomic E-state index is 5.98. The minimum absolute atomic E-state index is 0.0232. The van der Waals surface area contributed by atoms with E-state index in [1.807, 2.05) is 30.5 Å². The summed E-state index contributed by atoms with van der Waals surface area (Å²) in [6, 6.07) is 16.6. The van der Waals surface area contributed by atoms with E-state index in [9.17, 15) is 0 Å². The molecule has 2 aromatic heterocycles. The van der Waals surface area contributed by atoms with Gasteiger partial charge in [0.05, 0.1) is 31.0 Å². The van der Waals surface area contributed by atoms with Crippen LogP contribution >= 0.6 is 12.2 Å². The minimum atomic E-state index is -0.0232. The third-order valence-corrected chi connectivity index (χ3v) is 7.09. The summed E-state index contributed by atoms with van der Waals surface area (Å²) in [5.74, 6) is 0.852. The summed E-state index contributed by atoms with van der Waals surface area (Å²) < 4.78 is 13.6. The number of ether oxygens (including phenoxy) is 2. The smallest absolute Gasteiger partial charge is 0.170 e. The van der Waals surface area contributed by atoms with Crippen molar-refractivity contribution >= 4 is 17.3 Å². The lowest BCUT2D eigenvalue weighted by Crippen LogP contribution is -2.36. The fourth-order valence-corrected chi connectivity index (χ4v) is 5.48. The molecule has 0 aliphatic carbocycles. The van der Waals surface area contributed by atoms with Crippen molar-refractivity contribution in [3.8, 4) is 11.4 Å². The van der Waals surface area contributed by atoms with E-state index in [-0.39, 0.29) is 18.2 Å². The van der Waals surface area contributed by atoms with Gasteiger partial charge in [-0.05, 0) is 86.9 Å². The van der Waals surface area contributed by atoms with Crippen molar-refractivity contribution < 1.29 is 9.47 Å². The highest BCUT2D eigenvalue weighted by Gasteiger charge is 2.42. The van der Waals surface area contributed by atoms with Crippen LogP contribution in [0.1, 0.15) is 47.6 Å². The Bertz CT molecular complexity index is 1120. The molecule has 3 atom stereocenters. The Hall–Kier alpha value is -2.90. The first-order chi connectivity index (χ1) is 16.1. The average Bonchev–Trinajstić information content (AvgIpc) is 3.54. The summed E-state index contributed by atoms with van der Waals surface area (Å²) in [5.41, 5.74) is 5.75. The lowest BCUT2D eigenvalue weighted by molar-refractivity contribution is 0.0842. The van der Waals surface area contributed by atoms with Crippen LogP contribution in [0, 0.1) is 13.8 Å². The molecular formula is C26H30N4O2S. The summed E-state index contributed by atoms with van der Waals surface area (Å²) >= 11 is 5.84. The van der Waals surface area contributed by atoms with Crippen molar-refractivity contribution in [2.45, 2.75) is 44.9 Å². The Morgan fingerprint density at radius 2 is 2.00 bits per heavy atom. The molecule has 2 saturated heterocycles. The van der Waals surface area contributed by atoms with E-state index in [0.29, 0.717) is 0 Å². The monoisotopic (exact) mass is 462 g/mol. The molecule has 6 nitrogen and oxygen atoms in total. The van der Waals surface area contributed by atoms with E-state index >= 15 is 0 Å². The molecule has 3 aromatic rings. The van der Waals surface area contributed by atoms with E-state index in [1.54, 1.807) is 7.11 Å². The van der Waals surface area contributed by atoms with Gasteiger partial charge in [-0.15, -0.1) is 0 Å². The van der Waals surface area contributed by atoms with Crippen molar-refractivity contribution in [2.75, 3.05) is 20.3 Å². The van der Waals surface area contributed by atoms with Crippen LogP contribution in [0.3, 0.4) is 0 Å². The Labute approximate surface area is 200 Å². The van der Waals surface area contributed by atoms with Crippen molar-refractivity contribution in [2.24, 2.45) is 0 Å². The molecule has 33 heavy (non-hydrogen) atoms. The van der Waals surface area contributed by atoms with Gasteiger partial charge in [-0.1, -0.05) is 6.07 Å². The van der Waals surface area contributed by atoms with Gasteiger partial charge in [0, 0.05) is 36.4 Å². The molecule has 0 bridgehead atoms. The number of hydrogen-bond donors (Lipinski definition) is 1. The maximum atomic E-state index is 5.98. The molecule has 2 fully saturated rings. The summed E-state index contributed by atoms with van der Waals surface area (Å²) in [6.45, 7) is 5.96. The Kier molecular flexibility index (Phi) is 6.08. The molecule has 172 valence electrons. The first-order valence-corrected chi connectivity index (χ1v) is 11.9. The molecule has 5 rings (SSSR count). The number of nitrogens with one attached hydrogen (secondary N) is 1. The number of rotatable bonds is 6. The zero-order valence-corrected chi connectivity index (χ0v) is 20.1. The van der Waals surface area contributed by atoms with Gasteiger partial charge in [-0.2, -0.15) is 0 Å². The largest absolute Gasteiger partial charge is 0.497 e. The van der Waals surface area contributed by atoms with Crippen LogP contribution in [0.15, 0.2) is 54.7 Å². The maximum Gasteiger partial charge on any atom is 0.170 e. The lowest BCUT2D eigenvalue weighted by Gasteiger charge is -2.30. The third-order valence-electron chi connectivity index (χ3n) is 6.74. The summed E-state index contributed by atoms with van der Waals surface area (Å²) in [6.07, 6.45) is 4.24. The molecule has 0 saturated carbocycles. The van der Waals surface area contributed by atoms with E-state index in [4.69, 9.17) is 21.7 Å².